The van der Waals surface area contributed by atoms with Crippen molar-refractivity contribution in [1.29, 1.82) is 0 Å². The minimum Gasteiger partial charge on any atom is -0.300 e. The van der Waals surface area contributed by atoms with E-state index in [9.17, 15) is 0 Å². The first-order valence-electron chi connectivity index (χ1n) is 10.4. The van der Waals surface area contributed by atoms with Gasteiger partial charge in [0.05, 0.1) is 0 Å². The van der Waals surface area contributed by atoms with Gasteiger partial charge in [-0.2, -0.15) is 0 Å². The summed E-state index contributed by atoms with van der Waals surface area (Å²) in [7, 11) is 0. The number of hydrogen-bond donors (Lipinski definition) is 0. The maximum atomic E-state index is 2.78. The van der Waals surface area contributed by atoms with Crippen molar-refractivity contribution in [3.05, 3.63) is 35.4 Å². The third-order valence-electron chi connectivity index (χ3n) is 7.57. The van der Waals surface area contributed by atoms with Crippen molar-refractivity contribution in [2.75, 3.05) is 26.2 Å². The van der Waals surface area contributed by atoms with Crippen molar-refractivity contribution < 1.29 is 0 Å². The quantitative estimate of drug-likeness (QED) is 0.832. The molecule has 2 unspecified atom stereocenters. The van der Waals surface area contributed by atoms with Crippen molar-refractivity contribution in [2.24, 2.45) is 11.8 Å². The highest BCUT2D eigenvalue weighted by molar-refractivity contribution is 5.29. The van der Waals surface area contributed by atoms with E-state index in [0.717, 1.165) is 23.9 Å². The minimum absolute atomic E-state index is 0.821. The van der Waals surface area contributed by atoms with Crippen LogP contribution in [0.25, 0.3) is 0 Å². The average molecular weight is 325 g/mol. The van der Waals surface area contributed by atoms with E-state index in [-0.39, 0.29) is 0 Å². The molecule has 6 aliphatic heterocycles. The molecule has 6 saturated heterocycles. The van der Waals surface area contributed by atoms with Crippen LogP contribution in [0.15, 0.2) is 24.3 Å². The van der Waals surface area contributed by atoms with Crippen LogP contribution in [-0.2, 0) is 12.8 Å². The fourth-order valence-corrected chi connectivity index (χ4v) is 6.06. The van der Waals surface area contributed by atoms with Gasteiger partial charge in [-0.25, -0.2) is 0 Å². The normalized spacial score (nSPS) is 40.8. The molecule has 0 amide bonds. The number of nitrogens with zero attached hydrogens (tertiary/aromatic N) is 2. The van der Waals surface area contributed by atoms with Gasteiger partial charge in [0.15, 0.2) is 0 Å². The number of hydrogen-bond acceptors (Lipinski definition) is 2. The Bertz CT molecular complexity index is 516. The molecule has 7 rings (SSSR count). The van der Waals surface area contributed by atoms with E-state index in [4.69, 9.17) is 0 Å². The molecule has 6 heterocycles. The monoisotopic (exact) mass is 324 g/mol. The Morgan fingerprint density at radius 3 is 1.42 bits per heavy atom. The molecule has 4 bridgehead atoms. The predicted octanol–water partition coefficient (Wildman–Crippen LogP) is 3.74. The molecule has 0 radical (unpaired) electrons. The summed E-state index contributed by atoms with van der Waals surface area (Å²) in [5.74, 6) is 2.04. The van der Waals surface area contributed by atoms with Gasteiger partial charge in [0.1, 0.15) is 0 Å². The van der Waals surface area contributed by atoms with Crippen LogP contribution in [0.3, 0.4) is 0 Å². The highest BCUT2D eigenvalue weighted by Crippen LogP contribution is 2.36. The largest absolute Gasteiger partial charge is 0.300 e. The maximum Gasteiger partial charge on any atom is 0.0138 e. The highest BCUT2D eigenvalue weighted by Gasteiger charge is 2.35. The first kappa shape index (κ1) is 15.4. The van der Waals surface area contributed by atoms with Crippen molar-refractivity contribution in [3.63, 3.8) is 0 Å². The minimum atomic E-state index is 0.821. The van der Waals surface area contributed by atoms with Gasteiger partial charge >= 0.3 is 0 Å². The molecule has 0 spiro atoms. The summed E-state index contributed by atoms with van der Waals surface area (Å²) in [6.07, 6.45) is 11.3. The van der Waals surface area contributed by atoms with E-state index in [0.29, 0.717) is 0 Å². The first-order valence-corrected chi connectivity index (χ1v) is 10.4. The molecule has 0 saturated carbocycles. The van der Waals surface area contributed by atoms with E-state index in [2.05, 4.69) is 34.1 Å². The Morgan fingerprint density at radius 1 is 0.667 bits per heavy atom. The van der Waals surface area contributed by atoms with Crippen LogP contribution in [0.2, 0.25) is 0 Å². The van der Waals surface area contributed by atoms with E-state index in [1.807, 2.05) is 0 Å². The highest BCUT2D eigenvalue weighted by atomic mass is 15.2. The van der Waals surface area contributed by atoms with Crippen LogP contribution in [0.1, 0.15) is 49.7 Å². The predicted molar refractivity (Wildman–Crippen MR) is 99.3 cm³/mol. The molecule has 0 aliphatic carbocycles. The maximum absolute atomic E-state index is 2.78. The first-order chi connectivity index (χ1) is 11.8. The molecule has 130 valence electrons. The standard InChI is InChI=1S/C22H32N2/c1-2-4-20(16-22-14-18-7-11-24(22)12-8-18)19(3-1)15-21-13-17-5-9-23(21)10-6-17/h1-4,17-18,21-22H,5-16H2. The van der Waals surface area contributed by atoms with Crippen LogP contribution in [0.5, 0.6) is 0 Å². The zero-order chi connectivity index (χ0) is 15.9. The van der Waals surface area contributed by atoms with Crippen LogP contribution in [0.4, 0.5) is 0 Å². The molecular formula is C22H32N2. The molecule has 2 nitrogen and oxygen atoms in total. The molecule has 1 aromatic carbocycles. The van der Waals surface area contributed by atoms with Crippen LogP contribution < -0.4 is 0 Å². The molecule has 24 heavy (non-hydrogen) atoms. The fourth-order valence-electron chi connectivity index (χ4n) is 6.06. The number of piperidine rings is 6. The van der Waals surface area contributed by atoms with Gasteiger partial charge in [0.25, 0.3) is 0 Å². The summed E-state index contributed by atoms with van der Waals surface area (Å²) in [6.45, 7) is 5.43. The Labute approximate surface area is 147 Å². The lowest BCUT2D eigenvalue weighted by Gasteiger charge is -2.46. The summed E-state index contributed by atoms with van der Waals surface area (Å²) in [6, 6.07) is 11.0. The molecular weight excluding hydrogens is 292 g/mol. The fraction of sp³-hybridized carbons (Fsp3) is 0.727. The number of benzene rings is 1. The number of rotatable bonds is 4. The molecule has 1 aromatic rings. The summed E-state index contributed by atoms with van der Waals surface area (Å²) in [5.41, 5.74) is 3.30. The van der Waals surface area contributed by atoms with Crippen LogP contribution >= 0.6 is 0 Å². The third kappa shape index (κ3) is 2.93. The van der Waals surface area contributed by atoms with E-state index in [1.165, 1.54) is 77.5 Å². The van der Waals surface area contributed by atoms with E-state index in [1.54, 1.807) is 11.1 Å². The van der Waals surface area contributed by atoms with Crippen molar-refractivity contribution >= 4 is 0 Å². The smallest absolute Gasteiger partial charge is 0.0138 e. The SMILES string of the molecule is c1ccc(CC2CC3CCN2CC3)c(CC2CC3CCN2CC3)c1. The second kappa shape index (κ2) is 6.46. The Kier molecular flexibility index (Phi) is 4.14. The van der Waals surface area contributed by atoms with Crippen molar-refractivity contribution in [2.45, 2.75) is 63.5 Å². The lowest BCUT2D eigenvalue weighted by atomic mass is 9.79. The molecule has 2 atom stereocenters. The zero-order valence-electron chi connectivity index (χ0n) is 15.0. The second-order valence-corrected chi connectivity index (χ2v) is 8.91. The molecule has 6 fully saturated rings. The van der Waals surface area contributed by atoms with Gasteiger partial charge in [-0.3, -0.25) is 0 Å². The van der Waals surface area contributed by atoms with Crippen molar-refractivity contribution in [1.82, 2.24) is 9.80 Å². The summed E-state index contributed by atoms with van der Waals surface area (Å²) in [5, 5.41) is 0. The van der Waals surface area contributed by atoms with Gasteiger partial charge < -0.3 is 9.80 Å². The lowest BCUT2D eigenvalue weighted by molar-refractivity contribution is 0.0470. The van der Waals surface area contributed by atoms with Gasteiger partial charge in [0, 0.05) is 12.1 Å². The van der Waals surface area contributed by atoms with Gasteiger partial charge in [0.2, 0.25) is 0 Å². The Balaban J connectivity index is 1.30. The second-order valence-electron chi connectivity index (χ2n) is 8.91. The number of fused-ring (bicyclic) bond motifs is 6. The van der Waals surface area contributed by atoms with Crippen LogP contribution in [0, 0.1) is 11.8 Å². The van der Waals surface area contributed by atoms with Gasteiger partial charge in [-0.15, -0.1) is 0 Å². The average Bonchev–Trinajstić information content (AvgIpc) is 2.65. The molecule has 6 aliphatic rings. The zero-order valence-corrected chi connectivity index (χ0v) is 15.0. The summed E-state index contributed by atoms with van der Waals surface area (Å²) >= 11 is 0. The van der Waals surface area contributed by atoms with E-state index >= 15 is 0 Å². The Morgan fingerprint density at radius 2 is 1.08 bits per heavy atom. The summed E-state index contributed by atoms with van der Waals surface area (Å²) < 4.78 is 0. The van der Waals surface area contributed by atoms with Crippen molar-refractivity contribution in [3.8, 4) is 0 Å². The van der Waals surface area contributed by atoms with E-state index < -0.39 is 0 Å². The topological polar surface area (TPSA) is 6.48 Å². The molecule has 2 heteroatoms. The molecule has 0 aromatic heterocycles. The third-order valence-corrected chi connectivity index (χ3v) is 7.57. The van der Waals surface area contributed by atoms with Gasteiger partial charge in [-0.05, 0) is 101 Å². The Hall–Kier alpha value is -0.860. The van der Waals surface area contributed by atoms with Crippen LogP contribution in [-0.4, -0.2) is 48.1 Å². The summed E-state index contributed by atoms with van der Waals surface area (Å²) in [4.78, 5) is 5.56. The van der Waals surface area contributed by atoms with Gasteiger partial charge in [-0.1, -0.05) is 24.3 Å². The molecule has 0 N–H and O–H groups in total. The lowest BCUT2D eigenvalue weighted by Crippen LogP contribution is -2.50.